The molecule has 0 saturated heterocycles. The van der Waals surface area contributed by atoms with Gasteiger partial charge in [0.25, 0.3) is 0 Å². The van der Waals surface area contributed by atoms with E-state index in [4.69, 9.17) is 0 Å². The van der Waals surface area contributed by atoms with Crippen LogP contribution < -0.4 is 0 Å². The Morgan fingerprint density at radius 1 is 1.31 bits per heavy atom. The van der Waals surface area contributed by atoms with Crippen molar-refractivity contribution in [2.45, 2.75) is 6.42 Å². The first-order valence-electron chi connectivity index (χ1n) is 3.80. The molecule has 0 aliphatic carbocycles. The number of hydrogen-bond donors (Lipinski definition) is 0. The number of hydrogen-bond acceptors (Lipinski definition) is 1. The third kappa shape index (κ3) is 2.47. The van der Waals surface area contributed by atoms with Gasteiger partial charge in [0.2, 0.25) is 0 Å². The van der Waals surface area contributed by atoms with Crippen molar-refractivity contribution in [2.24, 2.45) is 0 Å². The van der Waals surface area contributed by atoms with Gasteiger partial charge in [0, 0.05) is 12.0 Å². The second-order valence-electron chi connectivity index (χ2n) is 2.45. The number of halogens is 2. The molecule has 0 heterocycles. The van der Waals surface area contributed by atoms with E-state index in [2.05, 4.69) is 0 Å². The largest absolute Gasteiger partial charge is 0.303 e. The van der Waals surface area contributed by atoms with Gasteiger partial charge in [-0.1, -0.05) is 24.3 Å². The summed E-state index contributed by atoms with van der Waals surface area (Å²) in [6.45, 7) is 0. The Morgan fingerprint density at radius 3 is 2.77 bits per heavy atom. The zero-order valence-corrected chi connectivity index (χ0v) is 6.84. The molecule has 0 unspecified atom stereocenters. The van der Waals surface area contributed by atoms with Crippen molar-refractivity contribution in [3.63, 3.8) is 0 Å². The molecule has 1 aromatic rings. The first-order chi connectivity index (χ1) is 6.25. The molecular weight excluding hydrogens is 174 g/mol. The van der Waals surface area contributed by atoms with Crippen LogP contribution >= 0.6 is 0 Å². The SMILES string of the molecule is O=CCC=Cc1cccc(F)c1F. The Balaban J connectivity index is 2.88. The van der Waals surface area contributed by atoms with Crippen LogP contribution in [0.25, 0.3) is 6.08 Å². The fourth-order valence-corrected chi connectivity index (χ4v) is 0.900. The first kappa shape index (κ1) is 9.58. The van der Waals surface area contributed by atoms with Gasteiger partial charge in [0.1, 0.15) is 6.29 Å². The van der Waals surface area contributed by atoms with Crippen LogP contribution in [0.5, 0.6) is 0 Å². The zero-order chi connectivity index (χ0) is 9.68. The van der Waals surface area contributed by atoms with Gasteiger partial charge in [-0.3, -0.25) is 0 Å². The van der Waals surface area contributed by atoms with Crippen LogP contribution in [0.1, 0.15) is 12.0 Å². The summed E-state index contributed by atoms with van der Waals surface area (Å²) < 4.78 is 25.5. The quantitative estimate of drug-likeness (QED) is 0.656. The van der Waals surface area contributed by atoms with E-state index >= 15 is 0 Å². The Kier molecular flexibility index (Phi) is 3.31. The summed E-state index contributed by atoms with van der Waals surface area (Å²) in [5.74, 6) is -1.77. The molecule has 0 N–H and O–H groups in total. The van der Waals surface area contributed by atoms with Crippen LogP contribution in [0.4, 0.5) is 8.78 Å². The minimum Gasteiger partial charge on any atom is -0.303 e. The summed E-state index contributed by atoms with van der Waals surface area (Å²) in [6, 6.07) is 3.91. The Hall–Kier alpha value is -1.51. The molecular formula is C10H8F2O. The maximum absolute atomic E-state index is 12.9. The molecule has 0 amide bonds. The summed E-state index contributed by atoms with van der Waals surface area (Å²) in [5, 5.41) is 0. The summed E-state index contributed by atoms with van der Waals surface area (Å²) in [6.07, 6.45) is 3.75. The van der Waals surface area contributed by atoms with Gasteiger partial charge in [-0.25, -0.2) is 8.78 Å². The Morgan fingerprint density at radius 2 is 2.08 bits per heavy atom. The average Bonchev–Trinajstić information content (AvgIpc) is 2.13. The van der Waals surface area contributed by atoms with Crippen molar-refractivity contribution in [3.05, 3.63) is 41.5 Å². The smallest absolute Gasteiger partial charge is 0.166 e. The lowest BCUT2D eigenvalue weighted by Gasteiger charge is -1.96. The highest BCUT2D eigenvalue weighted by Crippen LogP contribution is 2.12. The summed E-state index contributed by atoms with van der Waals surface area (Å²) in [5.41, 5.74) is 0.154. The molecule has 0 spiro atoms. The van der Waals surface area contributed by atoms with Gasteiger partial charge in [-0.05, 0) is 6.07 Å². The van der Waals surface area contributed by atoms with Crippen LogP contribution in [-0.4, -0.2) is 6.29 Å². The fourth-order valence-electron chi connectivity index (χ4n) is 0.900. The summed E-state index contributed by atoms with van der Waals surface area (Å²) >= 11 is 0. The van der Waals surface area contributed by atoms with Gasteiger partial charge in [-0.2, -0.15) is 0 Å². The molecule has 0 radical (unpaired) electrons. The highest BCUT2D eigenvalue weighted by Gasteiger charge is 2.03. The molecule has 1 rings (SSSR count). The predicted octanol–water partition coefficient (Wildman–Crippen LogP) is 2.57. The average molecular weight is 182 g/mol. The zero-order valence-electron chi connectivity index (χ0n) is 6.84. The number of allylic oxidation sites excluding steroid dienone is 1. The molecule has 3 heteroatoms. The molecule has 1 nitrogen and oxygen atoms in total. The van der Waals surface area contributed by atoms with Crippen molar-refractivity contribution in [1.29, 1.82) is 0 Å². The van der Waals surface area contributed by atoms with E-state index in [-0.39, 0.29) is 12.0 Å². The molecule has 0 aliphatic heterocycles. The predicted molar refractivity (Wildman–Crippen MR) is 46.1 cm³/mol. The van der Waals surface area contributed by atoms with E-state index in [1.54, 1.807) is 0 Å². The third-order valence-electron chi connectivity index (χ3n) is 1.51. The summed E-state index contributed by atoms with van der Waals surface area (Å²) in [7, 11) is 0. The second-order valence-corrected chi connectivity index (χ2v) is 2.45. The second kappa shape index (κ2) is 4.50. The van der Waals surface area contributed by atoms with Crippen molar-refractivity contribution < 1.29 is 13.6 Å². The van der Waals surface area contributed by atoms with Crippen molar-refractivity contribution in [1.82, 2.24) is 0 Å². The Bertz CT molecular complexity index is 332. The van der Waals surface area contributed by atoms with E-state index < -0.39 is 11.6 Å². The minimum atomic E-state index is -0.885. The third-order valence-corrected chi connectivity index (χ3v) is 1.51. The number of rotatable bonds is 3. The highest BCUT2D eigenvalue weighted by atomic mass is 19.2. The van der Waals surface area contributed by atoms with Gasteiger partial charge in [0.15, 0.2) is 11.6 Å². The summed E-state index contributed by atoms with van der Waals surface area (Å²) in [4.78, 5) is 9.93. The highest BCUT2D eigenvalue weighted by molar-refractivity contribution is 5.58. The molecule has 0 aromatic heterocycles. The molecule has 68 valence electrons. The maximum Gasteiger partial charge on any atom is 0.166 e. The topological polar surface area (TPSA) is 17.1 Å². The van der Waals surface area contributed by atoms with Crippen molar-refractivity contribution in [2.75, 3.05) is 0 Å². The molecule has 0 saturated carbocycles. The first-order valence-corrected chi connectivity index (χ1v) is 3.80. The van der Waals surface area contributed by atoms with Crippen molar-refractivity contribution in [3.8, 4) is 0 Å². The lowest BCUT2D eigenvalue weighted by Crippen LogP contribution is -1.86. The molecule has 0 fully saturated rings. The van der Waals surface area contributed by atoms with Crippen LogP contribution in [0.15, 0.2) is 24.3 Å². The standard InChI is InChI=1S/C10H8F2O/c11-9-6-3-5-8(10(9)12)4-1-2-7-13/h1,3-7H,2H2. The van der Waals surface area contributed by atoms with Gasteiger partial charge < -0.3 is 4.79 Å². The molecule has 0 bridgehead atoms. The number of carbonyl (C=O) groups is 1. The van der Waals surface area contributed by atoms with Gasteiger partial charge in [0.05, 0.1) is 0 Å². The maximum atomic E-state index is 12.9. The number of carbonyl (C=O) groups excluding carboxylic acids is 1. The van der Waals surface area contributed by atoms with Crippen LogP contribution in [-0.2, 0) is 4.79 Å². The Labute approximate surface area is 74.7 Å². The lowest BCUT2D eigenvalue weighted by atomic mass is 10.2. The normalized spacial score (nSPS) is 10.6. The van der Waals surface area contributed by atoms with E-state index in [1.807, 2.05) is 0 Å². The van der Waals surface area contributed by atoms with Crippen molar-refractivity contribution >= 4 is 12.4 Å². The lowest BCUT2D eigenvalue weighted by molar-refractivity contribution is -0.107. The molecule has 0 aliphatic rings. The van der Waals surface area contributed by atoms with E-state index in [0.29, 0.717) is 6.29 Å². The fraction of sp³-hybridized carbons (Fsp3) is 0.100. The van der Waals surface area contributed by atoms with Gasteiger partial charge in [-0.15, -0.1) is 0 Å². The molecule has 0 atom stereocenters. The van der Waals surface area contributed by atoms with E-state index in [9.17, 15) is 13.6 Å². The van der Waals surface area contributed by atoms with E-state index in [0.717, 1.165) is 6.07 Å². The molecule has 1 aromatic carbocycles. The monoisotopic (exact) mass is 182 g/mol. The number of aldehydes is 1. The number of benzene rings is 1. The molecule has 13 heavy (non-hydrogen) atoms. The van der Waals surface area contributed by atoms with Crippen LogP contribution in [0.2, 0.25) is 0 Å². The van der Waals surface area contributed by atoms with Crippen LogP contribution in [0.3, 0.4) is 0 Å². The van der Waals surface area contributed by atoms with Gasteiger partial charge >= 0.3 is 0 Å². The van der Waals surface area contributed by atoms with E-state index in [1.165, 1.54) is 24.3 Å². The minimum absolute atomic E-state index is 0.154. The van der Waals surface area contributed by atoms with Crippen LogP contribution in [0, 0.1) is 11.6 Å².